The number of fused-ring (bicyclic) bond motifs is 1. The van der Waals surface area contributed by atoms with Gasteiger partial charge in [-0.15, -0.1) is 10.2 Å². The molecular formula is C27H19N3O3. The normalized spacial score (nSPS) is 10.7. The highest BCUT2D eigenvalue weighted by Gasteiger charge is 2.12. The van der Waals surface area contributed by atoms with Gasteiger partial charge in [-0.25, -0.2) is 0 Å². The van der Waals surface area contributed by atoms with E-state index in [2.05, 4.69) is 34.5 Å². The summed E-state index contributed by atoms with van der Waals surface area (Å²) in [7, 11) is 3.31. The fourth-order valence-electron chi connectivity index (χ4n) is 3.71. The van der Waals surface area contributed by atoms with Crippen molar-refractivity contribution in [2.45, 2.75) is 0 Å². The molecule has 1 heterocycles. The van der Waals surface area contributed by atoms with Crippen LogP contribution in [0.1, 0.15) is 5.56 Å². The van der Waals surface area contributed by atoms with Crippen LogP contribution in [0.5, 0.6) is 11.5 Å². The van der Waals surface area contributed by atoms with Gasteiger partial charge in [-0.05, 0) is 65.0 Å². The van der Waals surface area contributed by atoms with Gasteiger partial charge in [-0.3, -0.25) is 0 Å². The minimum absolute atomic E-state index is 0.413. The van der Waals surface area contributed by atoms with Crippen LogP contribution < -0.4 is 9.47 Å². The number of aromatic nitrogens is 2. The van der Waals surface area contributed by atoms with Crippen LogP contribution in [0.2, 0.25) is 0 Å². The van der Waals surface area contributed by atoms with Crippen molar-refractivity contribution in [2.75, 3.05) is 14.2 Å². The van der Waals surface area contributed by atoms with Crippen LogP contribution in [0.3, 0.4) is 0 Å². The molecule has 160 valence electrons. The van der Waals surface area contributed by atoms with E-state index in [1.165, 1.54) is 0 Å². The van der Waals surface area contributed by atoms with E-state index < -0.39 is 0 Å². The molecule has 0 saturated carbocycles. The van der Waals surface area contributed by atoms with Gasteiger partial charge in [-0.1, -0.05) is 24.3 Å². The van der Waals surface area contributed by atoms with E-state index >= 15 is 0 Å². The molecule has 0 radical (unpaired) electrons. The van der Waals surface area contributed by atoms with E-state index in [1.54, 1.807) is 38.5 Å². The first-order valence-electron chi connectivity index (χ1n) is 10.3. The molecule has 0 aliphatic rings. The summed E-state index contributed by atoms with van der Waals surface area (Å²) < 4.78 is 16.8. The molecule has 0 atom stereocenters. The van der Waals surface area contributed by atoms with Crippen LogP contribution in [0.4, 0.5) is 0 Å². The number of benzene rings is 4. The predicted octanol–water partition coefficient (Wildman–Crippen LogP) is 6.11. The maximum absolute atomic E-state index is 8.94. The molecule has 0 aliphatic carbocycles. The molecule has 6 heteroatoms. The maximum Gasteiger partial charge on any atom is 0.248 e. The van der Waals surface area contributed by atoms with Gasteiger partial charge in [-0.2, -0.15) is 5.26 Å². The Morgan fingerprint density at radius 3 is 1.91 bits per heavy atom. The largest absolute Gasteiger partial charge is 0.497 e. The summed E-state index contributed by atoms with van der Waals surface area (Å²) in [6.07, 6.45) is 0. The Balaban J connectivity index is 1.43. The summed E-state index contributed by atoms with van der Waals surface area (Å²) in [6, 6.07) is 27.2. The number of hydrogen-bond donors (Lipinski definition) is 0. The minimum atomic E-state index is 0.413. The lowest BCUT2D eigenvalue weighted by molar-refractivity contribution is 0.398. The molecule has 1 aromatic heterocycles. The van der Waals surface area contributed by atoms with Gasteiger partial charge >= 0.3 is 0 Å². The second-order valence-electron chi connectivity index (χ2n) is 7.44. The molecule has 0 unspecified atom stereocenters. The van der Waals surface area contributed by atoms with E-state index in [1.807, 2.05) is 36.4 Å². The molecule has 6 nitrogen and oxygen atoms in total. The Kier molecular flexibility index (Phi) is 5.21. The van der Waals surface area contributed by atoms with Gasteiger partial charge < -0.3 is 13.9 Å². The van der Waals surface area contributed by atoms with E-state index in [0.29, 0.717) is 17.3 Å². The Hall–Kier alpha value is -4.63. The predicted molar refractivity (Wildman–Crippen MR) is 126 cm³/mol. The quantitative estimate of drug-likeness (QED) is 0.332. The summed E-state index contributed by atoms with van der Waals surface area (Å²) >= 11 is 0. The highest BCUT2D eigenvalue weighted by Crippen LogP contribution is 2.35. The van der Waals surface area contributed by atoms with Crippen LogP contribution in [0.15, 0.2) is 83.3 Å². The third-order valence-electron chi connectivity index (χ3n) is 5.50. The van der Waals surface area contributed by atoms with Crippen LogP contribution >= 0.6 is 0 Å². The average molecular weight is 433 g/mol. The molecule has 0 amide bonds. The molecule has 0 saturated heterocycles. The molecule has 5 aromatic rings. The summed E-state index contributed by atoms with van der Waals surface area (Å²) in [6.45, 7) is 0. The van der Waals surface area contributed by atoms with Crippen molar-refractivity contribution < 1.29 is 13.9 Å². The highest BCUT2D eigenvalue weighted by atomic mass is 16.5. The second kappa shape index (κ2) is 8.48. The molecule has 5 rings (SSSR count). The van der Waals surface area contributed by atoms with E-state index in [0.717, 1.165) is 44.5 Å². The third-order valence-corrected chi connectivity index (χ3v) is 5.50. The van der Waals surface area contributed by atoms with Gasteiger partial charge in [0.2, 0.25) is 11.8 Å². The Morgan fingerprint density at radius 2 is 1.30 bits per heavy atom. The van der Waals surface area contributed by atoms with Gasteiger partial charge in [0.25, 0.3) is 0 Å². The van der Waals surface area contributed by atoms with Crippen molar-refractivity contribution in [1.82, 2.24) is 10.2 Å². The van der Waals surface area contributed by atoms with Gasteiger partial charge in [0.05, 0.1) is 25.9 Å². The zero-order valence-corrected chi connectivity index (χ0v) is 18.1. The maximum atomic E-state index is 8.94. The molecule has 0 N–H and O–H groups in total. The van der Waals surface area contributed by atoms with Gasteiger partial charge in [0.1, 0.15) is 11.5 Å². The lowest BCUT2D eigenvalue weighted by Crippen LogP contribution is -1.89. The third kappa shape index (κ3) is 3.88. The monoisotopic (exact) mass is 433 g/mol. The summed E-state index contributed by atoms with van der Waals surface area (Å²) in [5.41, 5.74) is 4.31. The smallest absolute Gasteiger partial charge is 0.248 e. The van der Waals surface area contributed by atoms with Crippen LogP contribution in [0, 0.1) is 11.3 Å². The van der Waals surface area contributed by atoms with Crippen molar-refractivity contribution in [3.8, 4) is 51.6 Å². The standard InChI is InChI=1S/C27H19N3O3/c1-31-23-13-22-12-11-21(14-24(22)25(15-23)32-2)18-7-9-20(10-8-18)27-30-29-26(33-27)19-5-3-17(16-28)4-6-19/h3-15H,1-2H3. The number of ether oxygens (including phenoxy) is 2. The van der Waals surface area contributed by atoms with Crippen LogP contribution in [-0.4, -0.2) is 24.4 Å². The molecular weight excluding hydrogens is 414 g/mol. The Labute approximate surface area is 190 Å². The zero-order valence-electron chi connectivity index (χ0n) is 18.1. The SMILES string of the molecule is COc1cc(OC)c2cc(-c3ccc(-c4nnc(-c5ccc(C#N)cc5)o4)cc3)ccc2c1. The van der Waals surface area contributed by atoms with Crippen LogP contribution in [0.25, 0.3) is 44.8 Å². The van der Waals surface area contributed by atoms with E-state index in [4.69, 9.17) is 19.2 Å². The summed E-state index contributed by atoms with van der Waals surface area (Å²) in [4.78, 5) is 0. The minimum Gasteiger partial charge on any atom is -0.497 e. The molecule has 0 aliphatic heterocycles. The number of rotatable bonds is 5. The topological polar surface area (TPSA) is 81.2 Å². The Morgan fingerprint density at radius 1 is 0.697 bits per heavy atom. The van der Waals surface area contributed by atoms with Crippen molar-refractivity contribution >= 4 is 10.8 Å². The van der Waals surface area contributed by atoms with Crippen LogP contribution in [-0.2, 0) is 0 Å². The molecule has 0 bridgehead atoms. The lowest BCUT2D eigenvalue weighted by Gasteiger charge is -2.11. The Bertz CT molecular complexity index is 1480. The fraction of sp³-hybridized carbons (Fsp3) is 0.0741. The molecule has 0 spiro atoms. The van der Waals surface area contributed by atoms with Crippen molar-refractivity contribution in [3.63, 3.8) is 0 Å². The van der Waals surface area contributed by atoms with Crippen molar-refractivity contribution in [3.05, 3.63) is 84.4 Å². The number of methoxy groups -OCH3 is 2. The molecule has 0 fully saturated rings. The summed E-state index contributed by atoms with van der Waals surface area (Å²) in [5, 5.41) is 19.3. The van der Waals surface area contributed by atoms with Gasteiger partial charge in [0, 0.05) is 22.6 Å². The summed E-state index contributed by atoms with van der Waals surface area (Å²) in [5.74, 6) is 2.38. The first kappa shape index (κ1) is 20.3. The van der Waals surface area contributed by atoms with Crippen molar-refractivity contribution in [1.29, 1.82) is 5.26 Å². The van der Waals surface area contributed by atoms with Gasteiger partial charge in [0.15, 0.2) is 0 Å². The average Bonchev–Trinajstić information content (AvgIpc) is 3.38. The first-order valence-corrected chi connectivity index (χ1v) is 10.3. The fourth-order valence-corrected chi connectivity index (χ4v) is 3.71. The number of nitrogens with zero attached hydrogens (tertiary/aromatic N) is 3. The molecule has 33 heavy (non-hydrogen) atoms. The van der Waals surface area contributed by atoms with E-state index in [9.17, 15) is 0 Å². The first-order chi connectivity index (χ1) is 16.2. The zero-order chi connectivity index (χ0) is 22.8. The van der Waals surface area contributed by atoms with Crippen molar-refractivity contribution in [2.24, 2.45) is 0 Å². The number of nitriles is 1. The number of hydrogen-bond acceptors (Lipinski definition) is 6. The highest BCUT2D eigenvalue weighted by molar-refractivity contribution is 5.93. The van der Waals surface area contributed by atoms with E-state index in [-0.39, 0.29) is 0 Å². The second-order valence-corrected chi connectivity index (χ2v) is 7.44. The molecule has 4 aromatic carbocycles. The lowest BCUT2D eigenvalue weighted by atomic mass is 9.99.